The van der Waals surface area contributed by atoms with Gasteiger partial charge >= 0.3 is 23.9 Å². The zero-order chi connectivity index (χ0) is 28.1. The summed E-state index contributed by atoms with van der Waals surface area (Å²) >= 11 is 0. The highest BCUT2D eigenvalue weighted by molar-refractivity contribution is 5.87. The molecule has 0 aromatic rings. The van der Waals surface area contributed by atoms with Gasteiger partial charge in [-0.1, -0.05) is 26.8 Å². The molecule has 1 aliphatic heterocycles. The largest absolute Gasteiger partial charge is 0.459 e. The van der Waals surface area contributed by atoms with E-state index in [4.69, 9.17) is 18.9 Å². The minimum atomic E-state index is -2.42. The summed E-state index contributed by atoms with van der Waals surface area (Å²) in [6, 6.07) is 0. The Kier molecular flexibility index (Phi) is 7.88. The van der Waals surface area contributed by atoms with Crippen LogP contribution in [0.4, 0.5) is 0 Å². The summed E-state index contributed by atoms with van der Waals surface area (Å²) in [5.41, 5.74) is -5.64. The molecule has 0 aromatic heterocycles. The van der Waals surface area contributed by atoms with Crippen LogP contribution in [0.15, 0.2) is 11.6 Å². The molecule has 0 amide bonds. The van der Waals surface area contributed by atoms with Crippen LogP contribution in [0.3, 0.4) is 0 Å². The van der Waals surface area contributed by atoms with E-state index >= 15 is 0 Å². The van der Waals surface area contributed by atoms with Gasteiger partial charge in [-0.2, -0.15) is 0 Å². The van der Waals surface area contributed by atoms with E-state index in [9.17, 15) is 29.4 Å². The van der Waals surface area contributed by atoms with E-state index in [-0.39, 0.29) is 12.8 Å². The van der Waals surface area contributed by atoms with Crippen LogP contribution in [0.2, 0.25) is 0 Å². The monoisotopic (exact) mass is 524 g/mol. The molecule has 208 valence electrons. The van der Waals surface area contributed by atoms with E-state index in [1.54, 1.807) is 47.6 Å². The van der Waals surface area contributed by atoms with Gasteiger partial charge in [0, 0.05) is 36.7 Å². The summed E-state index contributed by atoms with van der Waals surface area (Å²) in [6.07, 6.45) is -1.22. The third-order valence-electron chi connectivity index (χ3n) is 8.87. The standard InChI is InChI=1S/C27H40O10/c1-9-13(3)22(29)34-18-11-17-20(15(18)5)21-27(33,26(8,32)24(31)36-21)19(35-23(30)14(4)10-2)12-25(17,7)37-16(6)28/h9,14-15,17-21,32-33H,10-12H2,1-8H3/b13-9-/t14-,15-,17-,18+,19?,20+,21-,25-,26+,27+/m0/s1. The maximum absolute atomic E-state index is 12.9. The third-order valence-corrected chi connectivity index (χ3v) is 8.87. The molecule has 0 spiro atoms. The van der Waals surface area contributed by atoms with E-state index in [1.807, 2.05) is 0 Å². The predicted octanol–water partition coefficient (Wildman–Crippen LogP) is 2.23. The SMILES string of the molecule is C/C=C(/C)C(=O)O[C@@H]1C[C@H]2[C@@H]([C@H]1C)[C@@H]1OC(=O)[C@@](C)(O)[C@@]1(O)C(OC(=O)[C@@H](C)CC)C[C@]2(C)OC(C)=O. The molecule has 1 unspecified atom stereocenters. The second-order valence-electron chi connectivity index (χ2n) is 11.3. The Hall–Kier alpha value is -2.46. The Balaban J connectivity index is 2.15. The summed E-state index contributed by atoms with van der Waals surface area (Å²) in [5.74, 6) is -4.97. The number of carbonyl (C=O) groups excluding carboxylic acids is 4. The van der Waals surface area contributed by atoms with Crippen molar-refractivity contribution in [1.82, 2.24) is 0 Å². The molecule has 1 saturated heterocycles. The van der Waals surface area contributed by atoms with E-state index in [0.29, 0.717) is 12.0 Å². The molecular formula is C27H40O10. The number of fused-ring (bicyclic) bond motifs is 3. The van der Waals surface area contributed by atoms with Gasteiger partial charge in [0.1, 0.15) is 23.9 Å². The Morgan fingerprint density at radius 2 is 1.81 bits per heavy atom. The molecule has 3 aliphatic rings. The summed E-state index contributed by atoms with van der Waals surface area (Å²) in [5, 5.41) is 23.4. The number of allylic oxidation sites excluding steroid dienone is 1. The van der Waals surface area contributed by atoms with E-state index < -0.39 is 82.7 Å². The molecule has 2 aliphatic carbocycles. The molecule has 10 atom stereocenters. The van der Waals surface area contributed by atoms with Crippen LogP contribution in [0.5, 0.6) is 0 Å². The van der Waals surface area contributed by atoms with Crippen molar-refractivity contribution in [3.05, 3.63) is 11.6 Å². The maximum Gasteiger partial charge on any atom is 0.341 e. The fraction of sp³-hybridized carbons (Fsp3) is 0.778. The van der Waals surface area contributed by atoms with Gasteiger partial charge in [-0.3, -0.25) is 9.59 Å². The van der Waals surface area contributed by atoms with Crippen molar-refractivity contribution in [2.24, 2.45) is 23.7 Å². The fourth-order valence-electron chi connectivity index (χ4n) is 6.19. The molecule has 0 aromatic carbocycles. The van der Waals surface area contributed by atoms with Crippen LogP contribution in [0.1, 0.15) is 74.7 Å². The zero-order valence-corrected chi connectivity index (χ0v) is 22.9. The Morgan fingerprint density at radius 1 is 1.19 bits per heavy atom. The first-order chi connectivity index (χ1) is 17.0. The summed E-state index contributed by atoms with van der Waals surface area (Å²) < 4.78 is 23.0. The molecule has 3 fully saturated rings. The predicted molar refractivity (Wildman–Crippen MR) is 130 cm³/mol. The van der Waals surface area contributed by atoms with Crippen molar-refractivity contribution in [2.45, 2.75) is 110 Å². The Morgan fingerprint density at radius 3 is 2.35 bits per heavy atom. The molecule has 10 nitrogen and oxygen atoms in total. The zero-order valence-electron chi connectivity index (χ0n) is 22.9. The topological polar surface area (TPSA) is 146 Å². The van der Waals surface area contributed by atoms with Gasteiger partial charge < -0.3 is 29.2 Å². The molecule has 2 N–H and O–H groups in total. The van der Waals surface area contributed by atoms with E-state index in [0.717, 1.165) is 6.92 Å². The van der Waals surface area contributed by atoms with Crippen molar-refractivity contribution in [1.29, 1.82) is 0 Å². The normalized spacial score (nSPS) is 42.1. The van der Waals surface area contributed by atoms with Gasteiger partial charge in [-0.05, 0) is 40.5 Å². The number of hydrogen-bond donors (Lipinski definition) is 2. The van der Waals surface area contributed by atoms with Crippen molar-refractivity contribution in [2.75, 3.05) is 0 Å². The maximum atomic E-state index is 12.9. The number of aliphatic hydroxyl groups is 2. The Bertz CT molecular complexity index is 986. The smallest absolute Gasteiger partial charge is 0.341 e. The fourth-order valence-corrected chi connectivity index (χ4v) is 6.19. The molecule has 10 heteroatoms. The van der Waals surface area contributed by atoms with Crippen molar-refractivity contribution < 1.29 is 48.3 Å². The van der Waals surface area contributed by atoms with Crippen molar-refractivity contribution >= 4 is 23.9 Å². The van der Waals surface area contributed by atoms with Crippen LogP contribution in [-0.4, -0.2) is 69.2 Å². The van der Waals surface area contributed by atoms with Gasteiger partial charge in [-0.25, -0.2) is 9.59 Å². The van der Waals surface area contributed by atoms with Gasteiger partial charge in [-0.15, -0.1) is 0 Å². The quantitative estimate of drug-likeness (QED) is 0.301. The van der Waals surface area contributed by atoms with Crippen molar-refractivity contribution in [3.8, 4) is 0 Å². The first-order valence-electron chi connectivity index (χ1n) is 12.9. The average molecular weight is 525 g/mol. The summed E-state index contributed by atoms with van der Waals surface area (Å²) in [7, 11) is 0. The minimum Gasteiger partial charge on any atom is -0.459 e. The highest BCUT2D eigenvalue weighted by Gasteiger charge is 2.76. The second-order valence-corrected chi connectivity index (χ2v) is 11.3. The lowest BCUT2D eigenvalue weighted by molar-refractivity contribution is -0.216. The number of esters is 4. The lowest BCUT2D eigenvalue weighted by Crippen LogP contribution is -2.65. The second kappa shape index (κ2) is 10.0. The molecule has 1 heterocycles. The lowest BCUT2D eigenvalue weighted by Gasteiger charge is -2.42. The lowest BCUT2D eigenvalue weighted by atomic mass is 9.72. The molecule has 0 bridgehead atoms. The van der Waals surface area contributed by atoms with Crippen molar-refractivity contribution in [3.63, 3.8) is 0 Å². The number of rotatable bonds is 6. The number of hydrogen-bond acceptors (Lipinski definition) is 10. The highest BCUT2D eigenvalue weighted by atomic mass is 16.6. The average Bonchev–Trinajstić information content (AvgIpc) is 3.20. The first kappa shape index (κ1) is 29.1. The Labute approximate surface area is 217 Å². The van der Waals surface area contributed by atoms with Crippen LogP contribution in [0, 0.1) is 23.7 Å². The summed E-state index contributed by atoms with van der Waals surface area (Å²) in [6.45, 7) is 12.7. The number of ether oxygens (including phenoxy) is 4. The number of carbonyl (C=O) groups is 4. The molecule has 2 saturated carbocycles. The molecule has 37 heavy (non-hydrogen) atoms. The van der Waals surface area contributed by atoms with Crippen LogP contribution in [-0.2, 0) is 38.1 Å². The minimum absolute atomic E-state index is 0.197. The molecular weight excluding hydrogens is 484 g/mol. The van der Waals surface area contributed by atoms with Crippen LogP contribution >= 0.6 is 0 Å². The van der Waals surface area contributed by atoms with Gasteiger partial charge in [0.2, 0.25) is 0 Å². The van der Waals surface area contributed by atoms with Crippen LogP contribution < -0.4 is 0 Å². The van der Waals surface area contributed by atoms with E-state index in [2.05, 4.69) is 0 Å². The van der Waals surface area contributed by atoms with Crippen LogP contribution in [0.25, 0.3) is 0 Å². The summed E-state index contributed by atoms with van der Waals surface area (Å²) in [4.78, 5) is 50.6. The highest BCUT2D eigenvalue weighted by Crippen LogP contribution is 2.59. The van der Waals surface area contributed by atoms with Gasteiger partial charge in [0.15, 0.2) is 11.2 Å². The third kappa shape index (κ3) is 4.67. The van der Waals surface area contributed by atoms with Gasteiger partial charge in [0.05, 0.1) is 5.92 Å². The molecule has 0 radical (unpaired) electrons. The molecule has 3 rings (SSSR count). The van der Waals surface area contributed by atoms with E-state index in [1.165, 1.54) is 6.92 Å². The first-order valence-corrected chi connectivity index (χ1v) is 12.9. The van der Waals surface area contributed by atoms with Gasteiger partial charge in [0.25, 0.3) is 0 Å².